The molecule has 1 N–H and O–H groups in total. The monoisotopic (exact) mass is 333 g/mol. The van der Waals surface area contributed by atoms with Gasteiger partial charge in [-0.05, 0) is 31.0 Å². The Labute approximate surface area is 124 Å². The van der Waals surface area contributed by atoms with E-state index in [-0.39, 0.29) is 24.3 Å². The third-order valence-corrected chi connectivity index (χ3v) is 4.02. The molecule has 1 unspecified atom stereocenters. The Bertz CT molecular complexity index is 634. The molecule has 1 saturated heterocycles. The lowest BCUT2D eigenvalue weighted by Crippen LogP contribution is -2.36. The van der Waals surface area contributed by atoms with Crippen LogP contribution in [-0.2, 0) is 9.59 Å². The maximum absolute atomic E-state index is 12.2. The summed E-state index contributed by atoms with van der Waals surface area (Å²) in [6, 6.07) is 6.79. The summed E-state index contributed by atoms with van der Waals surface area (Å²) in [5, 5.41) is 12.1. The fraction of sp³-hybridized carbons (Fsp3) is 0.357. The molecule has 1 aromatic rings. The number of rotatable bonds is 3. The zero-order valence-corrected chi connectivity index (χ0v) is 12.2. The van der Waals surface area contributed by atoms with Crippen LogP contribution in [0.15, 0.2) is 22.7 Å². The normalized spacial score (nSPS) is 22.0. The number of carbonyl (C=O) groups is 2. The van der Waals surface area contributed by atoms with Crippen LogP contribution < -0.4 is 5.32 Å². The molecule has 20 heavy (non-hydrogen) atoms. The highest BCUT2D eigenvalue weighted by atomic mass is 79.9. The summed E-state index contributed by atoms with van der Waals surface area (Å²) in [7, 11) is 0. The van der Waals surface area contributed by atoms with Crippen molar-refractivity contribution in [3.8, 4) is 6.07 Å². The number of likely N-dealkylation sites (tertiary alicyclic amines) is 1. The summed E-state index contributed by atoms with van der Waals surface area (Å²) in [6.45, 7) is 0. The highest BCUT2D eigenvalue weighted by Crippen LogP contribution is 2.33. The molecule has 1 aliphatic carbocycles. The zero-order valence-electron chi connectivity index (χ0n) is 10.6. The first-order valence-electron chi connectivity index (χ1n) is 6.42. The van der Waals surface area contributed by atoms with Crippen LogP contribution in [0.1, 0.15) is 24.8 Å². The Morgan fingerprint density at radius 1 is 1.35 bits per heavy atom. The van der Waals surface area contributed by atoms with Crippen LogP contribution in [0.25, 0.3) is 0 Å². The van der Waals surface area contributed by atoms with Crippen molar-refractivity contribution in [3.63, 3.8) is 0 Å². The third-order valence-electron chi connectivity index (χ3n) is 3.53. The van der Waals surface area contributed by atoms with Gasteiger partial charge in [0.15, 0.2) is 0 Å². The van der Waals surface area contributed by atoms with E-state index in [1.807, 2.05) is 0 Å². The Morgan fingerprint density at radius 2 is 2.10 bits per heavy atom. The molecular formula is C14H12BrN3O2. The maximum atomic E-state index is 12.2. The molecule has 2 aliphatic rings. The molecule has 1 atom stereocenters. The summed E-state index contributed by atoms with van der Waals surface area (Å²) in [6.07, 6.45) is 1.97. The van der Waals surface area contributed by atoms with Gasteiger partial charge in [0.05, 0.1) is 17.7 Å². The molecular weight excluding hydrogens is 322 g/mol. The molecule has 0 spiro atoms. The predicted octanol–water partition coefficient (Wildman–Crippen LogP) is 2.02. The van der Waals surface area contributed by atoms with Crippen LogP contribution in [0.2, 0.25) is 0 Å². The first-order valence-corrected chi connectivity index (χ1v) is 7.21. The van der Waals surface area contributed by atoms with Crippen LogP contribution in [0.5, 0.6) is 0 Å². The number of nitriles is 1. The Balaban J connectivity index is 1.82. The minimum absolute atomic E-state index is 0.0970. The molecule has 6 heteroatoms. The summed E-state index contributed by atoms with van der Waals surface area (Å²) in [4.78, 5) is 25.5. The number of benzene rings is 1. The highest BCUT2D eigenvalue weighted by molar-refractivity contribution is 9.10. The average Bonchev–Trinajstić information content (AvgIpc) is 3.19. The first kappa shape index (κ1) is 13.1. The third kappa shape index (κ3) is 2.29. The van der Waals surface area contributed by atoms with E-state index in [4.69, 9.17) is 5.26 Å². The van der Waals surface area contributed by atoms with Crippen molar-refractivity contribution < 1.29 is 9.59 Å². The number of halogens is 1. The molecule has 1 saturated carbocycles. The van der Waals surface area contributed by atoms with E-state index in [0.717, 1.165) is 17.3 Å². The fourth-order valence-corrected chi connectivity index (χ4v) is 2.76. The molecule has 3 rings (SSSR count). The number of imide groups is 1. The minimum atomic E-state index is -0.565. The standard InChI is InChI=1S/C14H12BrN3O2/c15-9-2-1-8(7-16)11(5-9)17-12-6-13(19)18(14(12)20)10-3-4-10/h1-2,5,10,12,17H,3-4,6H2. The maximum Gasteiger partial charge on any atom is 0.252 e. The molecule has 0 bridgehead atoms. The number of amides is 2. The molecule has 2 fully saturated rings. The summed E-state index contributed by atoms with van der Waals surface area (Å²) >= 11 is 3.34. The number of hydrogen-bond acceptors (Lipinski definition) is 4. The molecule has 0 radical (unpaired) electrons. The molecule has 0 aromatic heterocycles. The average molecular weight is 334 g/mol. The van der Waals surface area contributed by atoms with Gasteiger partial charge < -0.3 is 5.32 Å². The van der Waals surface area contributed by atoms with Gasteiger partial charge in [0.2, 0.25) is 5.91 Å². The van der Waals surface area contributed by atoms with Gasteiger partial charge >= 0.3 is 0 Å². The van der Waals surface area contributed by atoms with Crippen molar-refractivity contribution in [1.82, 2.24) is 4.90 Å². The van der Waals surface area contributed by atoms with Gasteiger partial charge in [0, 0.05) is 10.5 Å². The van der Waals surface area contributed by atoms with E-state index in [0.29, 0.717) is 11.3 Å². The predicted molar refractivity (Wildman–Crippen MR) is 75.8 cm³/mol. The van der Waals surface area contributed by atoms with E-state index in [2.05, 4.69) is 27.3 Å². The number of nitrogens with one attached hydrogen (secondary N) is 1. The van der Waals surface area contributed by atoms with E-state index < -0.39 is 6.04 Å². The largest absolute Gasteiger partial charge is 0.372 e. The van der Waals surface area contributed by atoms with Gasteiger partial charge in [0.25, 0.3) is 5.91 Å². The SMILES string of the molecule is N#Cc1ccc(Br)cc1NC1CC(=O)N(C2CC2)C1=O. The van der Waals surface area contributed by atoms with Gasteiger partial charge in [0.1, 0.15) is 12.1 Å². The topological polar surface area (TPSA) is 73.2 Å². The Hall–Kier alpha value is -1.87. The lowest BCUT2D eigenvalue weighted by molar-refractivity contribution is -0.139. The second-order valence-corrected chi connectivity index (χ2v) is 5.95. The zero-order chi connectivity index (χ0) is 14.3. The van der Waals surface area contributed by atoms with Crippen LogP contribution in [0, 0.1) is 11.3 Å². The van der Waals surface area contributed by atoms with Crippen molar-refractivity contribution in [2.45, 2.75) is 31.3 Å². The van der Waals surface area contributed by atoms with Crippen LogP contribution in [0.3, 0.4) is 0 Å². The second kappa shape index (κ2) is 4.91. The number of nitrogens with zero attached hydrogens (tertiary/aromatic N) is 2. The van der Waals surface area contributed by atoms with Crippen molar-refractivity contribution in [1.29, 1.82) is 5.26 Å². The van der Waals surface area contributed by atoms with E-state index in [1.165, 1.54) is 4.90 Å². The Morgan fingerprint density at radius 3 is 2.75 bits per heavy atom. The van der Waals surface area contributed by atoms with E-state index >= 15 is 0 Å². The summed E-state index contributed by atoms with van der Waals surface area (Å²) in [5.74, 6) is -0.301. The molecule has 1 heterocycles. The minimum Gasteiger partial charge on any atom is -0.372 e. The summed E-state index contributed by atoms with van der Waals surface area (Å²) < 4.78 is 0.815. The quantitative estimate of drug-likeness (QED) is 0.859. The molecule has 102 valence electrons. The lowest BCUT2D eigenvalue weighted by Gasteiger charge is -2.16. The molecule has 5 nitrogen and oxygen atoms in total. The van der Waals surface area contributed by atoms with E-state index in [9.17, 15) is 9.59 Å². The number of carbonyl (C=O) groups excluding carboxylic acids is 2. The molecule has 2 amide bonds. The van der Waals surface area contributed by atoms with Crippen molar-refractivity contribution in [2.75, 3.05) is 5.32 Å². The summed E-state index contributed by atoms with van der Waals surface area (Å²) in [5.41, 5.74) is 1.03. The second-order valence-electron chi connectivity index (χ2n) is 5.04. The van der Waals surface area contributed by atoms with Crippen molar-refractivity contribution >= 4 is 33.4 Å². The van der Waals surface area contributed by atoms with Crippen molar-refractivity contribution in [3.05, 3.63) is 28.2 Å². The molecule has 1 aliphatic heterocycles. The van der Waals surface area contributed by atoms with Crippen LogP contribution in [-0.4, -0.2) is 28.8 Å². The first-order chi connectivity index (χ1) is 9.60. The number of hydrogen-bond donors (Lipinski definition) is 1. The van der Waals surface area contributed by atoms with Gasteiger partial charge in [-0.25, -0.2) is 0 Å². The van der Waals surface area contributed by atoms with E-state index in [1.54, 1.807) is 18.2 Å². The smallest absolute Gasteiger partial charge is 0.252 e. The van der Waals surface area contributed by atoms with Crippen LogP contribution >= 0.6 is 15.9 Å². The lowest BCUT2D eigenvalue weighted by atomic mass is 10.1. The van der Waals surface area contributed by atoms with Gasteiger partial charge in [-0.3, -0.25) is 14.5 Å². The highest BCUT2D eigenvalue weighted by Gasteiger charge is 2.46. The number of anilines is 1. The Kier molecular flexibility index (Phi) is 3.22. The van der Waals surface area contributed by atoms with Crippen LogP contribution in [0.4, 0.5) is 5.69 Å². The fourth-order valence-electron chi connectivity index (χ4n) is 2.40. The van der Waals surface area contributed by atoms with Crippen molar-refractivity contribution in [2.24, 2.45) is 0 Å². The van der Waals surface area contributed by atoms with Gasteiger partial charge in [-0.1, -0.05) is 15.9 Å². The van der Waals surface area contributed by atoms with Gasteiger partial charge in [-0.2, -0.15) is 5.26 Å². The molecule has 1 aromatic carbocycles. The van der Waals surface area contributed by atoms with Gasteiger partial charge in [-0.15, -0.1) is 0 Å².